The fourth-order valence-electron chi connectivity index (χ4n) is 7.41. The average Bonchev–Trinajstić information content (AvgIpc) is 3.63. The van der Waals surface area contributed by atoms with Crippen molar-refractivity contribution >= 4 is 35.2 Å². The summed E-state index contributed by atoms with van der Waals surface area (Å²) in [6, 6.07) is 18.4. The van der Waals surface area contributed by atoms with E-state index >= 15 is 0 Å². The molecule has 0 saturated carbocycles. The number of likely N-dealkylation sites (N-methyl/N-ethyl adjacent to an activating group) is 1. The summed E-state index contributed by atoms with van der Waals surface area (Å²) >= 11 is 1.44. The van der Waals surface area contributed by atoms with Crippen LogP contribution in [0.3, 0.4) is 0 Å². The number of amides is 3. The maximum absolute atomic E-state index is 14.2. The van der Waals surface area contributed by atoms with E-state index in [9.17, 15) is 24.6 Å². The summed E-state index contributed by atoms with van der Waals surface area (Å²) in [5.74, 6) is -0.774. The highest BCUT2D eigenvalue weighted by Crippen LogP contribution is 2.41. The highest BCUT2D eigenvalue weighted by molar-refractivity contribution is 8.00. The van der Waals surface area contributed by atoms with E-state index in [1.54, 1.807) is 0 Å². The molecule has 286 valence electrons. The van der Waals surface area contributed by atoms with Crippen LogP contribution in [0.25, 0.3) is 0 Å². The normalized spacial score (nSPS) is 20.1. The van der Waals surface area contributed by atoms with E-state index in [1.165, 1.54) is 16.7 Å². The number of nitrogens with one attached hydrogen (secondary N) is 3. The maximum Gasteiger partial charge on any atom is 0.258 e. The van der Waals surface area contributed by atoms with Gasteiger partial charge in [-0.3, -0.25) is 14.4 Å². The standard InChI is InChI=1S/C41H55N5O6S/c1-7-45(8-2)19-18-42-30-20-26(3)37(27(4)21-30)52-24-34(48)43-32(22-28-14-10-9-11-15-28)36(49)40(51)46-25-53-41(5,6)38(46)39(50)44-35-31-17-13-12-16-29(31)23-33(35)47/h9-17,20-21,32-33,35-36,38,42,47,49H,7-8,18-19,22-25H2,1-6H3,(H,43,48)(H,44,50)/t32-,33+,35-,36-,38+/m0/s1. The molecule has 11 nitrogen and oxygen atoms in total. The number of thioether (sulfide) groups is 1. The maximum atomic E-state index is 14.2. The van der Waals surface area contributed by atoms with Crippen molar-refractivity contribution in [3.63, 3.8) is 0 Å². The van der Waals surface area contributed by atoms with Gasteiger partial charge in [0.15, 0.2) is 12.7 Å². The summed E-state index contributed by atoms with van der Waals surface area (Å²) in [5.41, 5.74) is 5.38. The number of hydrogen-bond donors (Lipinski definition) is 5. The van der Waals surface area contributed by atoms with Gasteiger partial charge >= 0.3 is 0 Å². The minimum atomic E-state index is -1.65. The number of rotatable bonds is 16. The summed E-state index contributed by atoms with van der Waals surface area (Å²) < 4.78 is 5.34. The molecule has 0 spiro atoms. The van der Waals surface area contributed by atoms with Crippen LogP contribution < -0.4 is 20.7 Å². The van der Waals surface area contributed by atoms with Crippen molar-refractivity contribution < 1.29 is 29.3 Å². The molecule has 1 aliphatic heterocycles. The van der Waals surface area contributed by atoms with Gasteiger partial charge in [-0.25, -0.2) is 0 Å². The van der Waals surface area contributed by atoms with Crippen molar-refractivity contribution in [1.29, 1.82) is 0 Å². The number of nitrogens with zero attached hydrogens (tertiary/aromatic N) is 2. The summed E-state index contributed by atoms with van der Waals surface area (Å²) in [4.78, 5) is 45.3. The molecule has 1 aliphatic carbocycles. The van der Waals surface area contributed by atoms with Gasteiger partial charge in [0, 0.05) is 29.9 Å². The van der Waals surface area contributed by atoms with Crippen LogP contribution in [0, 0.1) is 13.8 Å². The van der Waals surface area contributed by atoms with E-state index in [1.807, 2.05) is 94.4 Å². The first-order chi connectivity index (χ1) is 25.3. The van der Waals surface area contributed by atoms with Crippen LogP contribution in [0.1, 0.15) is 61.6 Å². The van der Waals surface area contributed by atoms with E-state index in [-0.39, 0.29) is 18.9 Å². The quantitative estimate of drug-likeness (QED) is 0.147. The zero-order valence-electron chi connectivity index (χ0n) is 31.7. The van der Waals surface area contributed by atoms with Gasteiger partial charge in [-0.2, -0.15) is 0 Å². The Bertz CT molecular complexity index is 1710. The molecule has 12 heteroatoms. The number of fused-ring (bicyclic) bond motifs is 1. The van der Waals surface area contributed by atoms with Crippen LogP contribution in [0.15, 0.2) is 66.7 Å². The Balaban J connectivity index is 1.27. The van der Waals surface area contributed by atoms with Gasteiger partial charge in [-0.15, -0.1) is 11.8 Å². The summed E-state index contributed by atoms with van der Waals surface area (Å²) in [5, 5.41) is 31.8. The van der Waals surface area contributed by atoms with E-state index in [0.717, 1.165) is 59.7 Å². The van der Waals surface area contributed by atoms with Crippen LogP contribution in [0.5, 0.6) is 5.75 Å². The molecule has 0 bridgehead atoms. The number of carbonyl (C=O) groups excluding carboxylic acids is 3. The Kier molecular flexibility index (Phi) is 13.5. The van der Waals surface area contributed by atoms with Crippen LogP contribution in [0.4, 0.5) is 5.69 Å². The Hall–Kier alpha value is -4.10. The Morgan fingerprint density at radius 3 is 2.36 bits per heavy atom. The lowest BCUT2D eigenvalue weighted by Crippen LogP contribution is -2.59. The molecule has 5 rings (SSSR count). The van der Waals surface area contributed by atoms with E-state index in [0.29, 0.717) is 12.2 Å². The monoisotopic (exact) mass is 745 g/mol. The van der Waals surface area contributed by atoms with Gasteiger partial charge in [0.1, 0.15) is 11.8 Å². The molecule has 1 heterocycles. The number of hydrogen-bond acceptors (Lipinski definition) is 9. The SMILES string of the molecule is CCN(CC)CCNc1cc(C)c(OCC(=O)N[C@@H](Cc2ccccc2)[C@H](O)C(=O)N2CSC(C)(C)[C@H]2C(=O)N[C@H]2c3ccccc3C[C@H]2O)c(C)c1. The van der Waals surface area contributed by atoms with Gasteiger partial charge in [0.25, 0.3) is 11.8 Å². The van der Waals surface area contributed by atoms with Gasteiger partial charge in [-0.1, -0.05) is 68.4 Å². The number of benzene rings is 3. The first-order valence-electron chi connectivity index (χ1n) is 18.5. The highest BCUT2D eigenvalue weighted by atomic mass is 32.2. The molecule has 0 radical (unpaired) electrons. The topological polar surface area (TPSA) is 143 Å². The third kappa shape index (κ3) is 9.72. The molecular formula is C41H55N5O6S. The number of aryl methyl sites for hydroxylation is 2. The smallest absolute Gasteiger partial charge is 0.258 e. The number of aliphatic hydroxyl groups is 2. The van der Waals surface area contributed by atoms with Crippen LogP contribution >= 0.6 is 11.8 Å². The molecule has 2 aliphatic rings. The van der Waals surface area contributed by atoms with Gasteiger partial charge in [-0.05, 0) is 87.2 Å². The van der Waals surface area contributed by atoms with Crippen LogP contribution in [-0.2, 0) is 27.2 Å². The Labute approximate surface area is 317 Å². The third-order valence-corrected chi connectivity index (χ3v) is 11.7. The number of ether oxygens (including phenoxy) is 1. The number of anilines is 1. The minimum Gasteiger partial charge on any atom is -0.483 e. The molecule has 5 atom stereocenters. The van der Waals surface area contributed by atoms with Crippen LogP contribution in [-0.4, -0.2) is 105 Å². The fourth-order valence-corrected chi connectivity index (χ4v) is 8.55. The van der Waals surface area contributed by atoms with Gasteiger partial charge in [0.05, 0.1) is 24.1 Å². The van der Waals surface area contributed by atoms with Crippen molar-refractivity contribution in [2.24, 2.45) is 0 Å². The number of carbonyl (C=O) groups is 3. The molecule has 3 amide bonds. The molecule has 0 aromatic heterocycles. The van der Waals surface area contributed by atoms with Gasteiger partial charge < -0.3 is 40.7 Å². The van der Waals surface area contributed by atoms with Crippen molar-refractivity contribution in [3.8, 4) is 5.75 Å². The molecule has 5 N–H and O–H groups in total. The molecular weight excluding hydrogens is 691 g/mol. The predicted octanol–water partition coefficient (Wildman–Crippen LogP) is 3.98. The third-order valence-electron chi connectivity index (χ3n) is 10.3. The molecule has 0 unspecified atom stereocenters. The van der Waals surface area contributed by atoms with E-state index < -0.39 is 52.8 Å². The summed E-state index contributed by atoms with van der Waals surface area (Å²) in [6.07, 6.45) is -1.83. The zero-order valence-corrected chi connectivity index (χ0v) is 32.5. The van der Waals surface area contributed by atoms with E-state index in [4.69, 9.17) is 4.74 Å². The lowest BCUT2D eigenvalue weighted by atomic mass is 9.96. The second-order valence-electron chi connectivity index (χ2n) is 14.5. The van der Waals surface area contributed by atoms with Crippen molar-refractivity contribution in [2.45, 2.75) is 89.5 Å². The second kappa shape index (κ2) is 17.8. The van der Waals surface area contributed by atoms with Crippen molar-refractivity contribution in [1.82, 2.24) is 20.4 Å². The number of aliphatic hydroxyl groups excluding tert-OH is 2. The summed E-state index contributed by atoms with van der Waals surface area (Å²) in [6.45, 7) is 15.4. The van der Waals surface area contributed by atoms with Crippen molar-refractivity contribution in [3.05, 3.63) is 94.5 Å². The lowest BCUT2D eigenvalue weighted by molar-refractivity contribution is -0.148. The van der Waals surface area contributed by atoms with Gasteiger partial charge in [0.2, 0.25) is 5.91 Å². The van der Waals surface area contributed by atoms with Crippen molar-refractivity contribution in [2.75, 3.05) is 44.0 Å². The zero-order chi connectivity index (χ0) is 38.3. The largest absolute Gasteiger partial charge is 0.483 e. The fraction of sp³-hybridized carbons (Fsp3) is 0.488. The first-order valence-corrected chi connectivity index (χ1v) is 19.5. The molecule has 1 saturated heterocycles. The molecule has 3 aromatic rings. The van der Waals surface area contributed by atoms with Crippen LogP contribution in [0.2, 0.25) is 0 Å². The molecule has 3 aromatic carbocycles. The molecule has 1 fully saturated rings. The Morgan fingerprint density at radius 1 is 1.02 bits per heavy atom. The summed E-state index contributed by atoms with van der Waals surface area (Å²) in [7, 11) is 0. The first kappa shape index (κ1) is 40.1. The second-order valence-corrected chi connectivity index (χ2v) is 16.1. The van der Waals surface area contributed by atoms with E-state index in [2.05, 4.69) is 34.7 Å². The average molecular weight is 746 g/mol. The predicted molar refractivity (Wildman–Crippen MR) is 210 cm³/mol. The lowest BCUT2D eigenvalue weighted by Gasteiger charge is -2.34. The highest BCUT2D eigenvalue weighted by Gasteiger charge is 2.50. The minimum absolute atomic E-state index is 0.178. The Morgan fingerprint density at radius 2 is 1.68 bits per heavy atom. The molecule has 53 heavy (non-hydrogen) atoms.